The molecule has 0 N–H and O–H groups in total. The number of piperidine rings is 1. The molecule has 0 spiro atoms. The summed E-state index contributed by atoms with van der Waals surface area (Å²) >= 11 is 5.92. The van der Waals surface area contributed by atoms with Crippen molar-refractivity contribution >= 4 is 28.3 Å². The van der Waals surface area contributed by atoms with Crippen molar-refractivity contribution in [2.75, 3.05) is 31.1 Å². The molecule has 1 unspecified atom stereocenters. The molecule has 174 valence electrons. The van der Waals surface area contributed by atoms with Crippen LogP contribution in [0.25, 0.3) is 22.2 Å². The number of rotatable bonds is 3. The van der Waals surface area contributed by atoms with Crippen molar-refractivity contribution in [3.05, 3.63) is 51.3 Å². The molecule has 0 bridgehead atoms. The molecule has 2 aliphatic heterocycles. The molecule has 0 aliphatic carbocycles. The fourth-order valence-electron chi connectivity index (χ4n) is 4.55. The number of pyridine rings is 1. The summed E-state index contributed by atoms with van der Waals surface area (Å²) in [6, 6.07) is 4.87. The second-order valence-corrected chi connectivity index (χ2v) is 9.17. The summed E-state index contributed by atoms with van der Waals surface area (Å²) in [4.78, 5) is 25.8. The second-order valence-electron chi connectivity index (χ2n) is 8.73. The predicted octanol–water partition coefficient (Wildman–Crippen LogP) is 4.02. The highest BCUT2D eigenvalue weighted by Crippen LogP contribution is 2.37. The van der Waals surface area contributed by atoms with Crippen LogP contribution in [0.2, 0.25) is 5.02 Å². The SMILES string of the molecule is Cc1nc2cc(N3CCC(F)(F)C(N4CCC4)C3)nc(-c3ccc(Cl)cc3F)c2c(=O)n1C. The molecule has 10 heteroatoms. The molecular weight excluding hydrogens is 455 g/mol. The highest BCUT2D eigenvalue weighted by Gasteiger charge is 2.48. The van der Waals surface area contributed by atoms with Crippen LogP contribution in [0.3, 0.4) is 0 Å². The van der Waals surface area contributed by atoms with E-state index in [1.165, 1.54) is 16.7 Å². The third-order valence-electron chi connectivity index (χ3n) is 6.71. The zero-order chi connectivity index (χ0) is 23.5. The Morgan fingerprint density at radius 1 is 1.15 bits per heavy atom. The first kappa shape index (κ1) is 22.2. The lowest BCUT2D eigenvalue weighted by molar-refractivity contribution is -0.108. The maximum Gasteiger partial charge on any atom is 0.266 e. The second kappa shape index (κ2) is 7.99. The van der Waals surface area contributed by atoms with Gasteiger partial charge in [-0.05, 0) is 44.6 Å². The normalized spacial score (nSPS) is 20.8. The summed E-state index contributed by atoms with van der Waals surface area (Å²) in [5, 5.41) is 0.393. The predicted molar refractivity (Wildman–Crippen MR) is 122 cm³/mol. The first-order valence-electron chi connectivity index (χ1n) is 10.9. The van der Waals surface area contributed by atoms with Crippen molar-refractivity contribution < 1.29 is 13.2 Å². The Morgan fingerprint density at radius 3 is 2.58 bits per heavy atom. The molecule has 6 nitrogen and oxygen atoms in total. The number of hydrogen-bond acceptors (Lipinski definition) is 5. The largest absolute Gasteiger partial charge is 0.355 e. The molecular formula is C23H23ClF3N5O. The monoisotopic (exact) mass is 477 g/mol. The van der Waals surface area contributed by atoms with Gasteiger partial charge in [-0.2, -0.15) is 0 Å². The van der Waals surface area contributed by atoms with E-state index in [0.29, 0.717) is 30.2 Å². The van der Waals surface area contributed by atoms with E-state index in [9.17, 15) is 18.0 Å². The first-order chi connectivity index (χ1) is 15.7. The fraction of sp³-hybridized carbons (Fsp3) is 0.435. The molecule has 5 rings (SSSR count). The number of fused-ring (bicyclic) bond motifs is 1. The minimum atomic E-state index is -2.79. The molecule has 1 atom stereocenters. The summed E-state index contributed by atoms with van der Waals surface area (Å²) in [5.41, 5.74) is 0.227. The van der Waals surface area contributed by atoms with Crippen LogP contribution < -0.4 is 10.5 Å². The number of hydrogen-bond donors (Lipinski definition) is 0. The molecule has 1 aromatic carbocycles. The van der Waals surface area contributed by atoms with Gasteiger partial charge in [0.25, 0.3) is 11.5 Å². The molecule has 0 radical (unpaired) electrons. The van der Waals surface area contributed by atoms with Crippen molar-refractivity contribution in [2.24, 2.45) is 7.05 Å². The van der Waals surface area contributed by atoms with Crippen LogP contribution in [0.5, 0.6) is 0 Å². The number of halogens is 4. The molecule has 2 saturated heterocycles. The number of nitrogens with zero attached hydrogens (tertiary/aromatic N) is 5. The van der Waals surface area contributed by atoms with Crippen molar-refractivity contribution in [2.45, 2.75) is 31.7 Å². The average Bonchev–Trinajstić information content (AvgIpc) is 2.71. The molecule has 2 aromatic heterocycles. The van der Waals surface area contributed by atoms with E-state index in [1.54, 1.807) is 29.8 Å². The molecule has 0 amide bonds. The quantitative estimate of drug-likeness (QED) is 0.570. The average molecular weight is 478 g/mol. The van der Waals surface area contributed by atoms with Gasteiger partial charge in [-0.3, -0.25) is 14.3 Å². The molecule has 3 aromatic rings. The summed E-state index contributed by atoms with van der Waals surface area (Å²) in [6.07, 6.45) is 0.606. The smallest absolute Gasteiger partial charge is 0.266 e. The van der Waals surface area contributed by atoms with E-state index in [0.717, 1.165) is 12.5 Å². The number of aromatic nitrogens is 3. The van der Waals surface area contributed by atoms with Gasteiger partial charge in [0.1, 0.15) is 17.5 Å². The summed E-state index contributed by atoms with van der Waals surface area (Å²) in [6.45, 7) is 3.19. The Labute approximate surface area is 193 Å². The number of benzene rings is 1. The third kappa shape index (κ3) is 3.77. The van der Waals surface area contributed by atoms with Crippen LogP contribution in [0, 0.1) is 12.7 Å². The zero-order valence-corrected chi connectivity index (χ0v) is 19.0. The van der Waals surface area contributed by atoms with Crippen molar-refractivity contribution in [1.29, 1.82) is 0 Å². The number of alkyl halides is 2. The van der Waals surface area contributed by atoms with Gasteiger partial charge in [0.15, 0.2) is 0 Å². The summed E-state index contributed by atoms with van der Waals surface area (Å²) < 4.78 is 45.6. The van der Waals surface area contributed by atoms with E-state index in [2.05, 4.69) is 9.97 Å². The van der Waals surface area contributed by atoms with Crippen LogP contribution in [0.1, 0.15) is 18.7 Å². The highest BCUT2D eigenvalue weighted by molar-refractivity contribution is 6.30. The van der Waals surface area contributed by atoms with E-state index in [4.69, 9.17) is 11.6 Å². The molecule has 2 aliphatic rings. The third-order valence-corrected chi connectivity index (χ3v) is 6.94. The van der Waals surface area contributed by atoms with Gasteiger partial charge in [0, 0.05) is 43.2 Å². The number of likely N-dealkylation sites (tertiary alicyclic amines) is 1. The summed E-state index contributed by atoms with van der Waals surface area (Å²) in [5.74, 6) is -2.53. The van der Waals surface area contributed by atoms with E-state index >= 15 is 0 Å². The Balaban J connectivity index is 1.68. The van der Waals surface area contributed by atoms with Gasteiger partial charge in [0.2, 0.25) is 0 Å². The summed E-state index contributed by atoms with van der Waals surface area (Å²) in [7, 11) is 1.59. The van der Waals surface area contributed by atoms with E-state index < -0.39 is 17.8 Å². The topological polar surface area (TPSA) is 54.3 Å². The van der Waals surface area contributed by atoms with Crippen molar-refractivity contribution in [3.8, 4) is 11.3 Å². The van der Waals surface area contributed by atoms with Crippen molar-refractivity contribution in [3.63, 3.8) is 0 Å². The fourth-order valence-corrected chi connectivity index (χ4v) is 4.71. The van der Waals surface area contributed by atoms with Gasteiger partial charge >= 0.3 is 0 Å². The maximum absolute atomic E-state index is 14.9. The Kier molecular flexibility index (Phi) is 5.36. The minimum Gasteiger partial charge on any atom is -0.355 e. The zero-order valence-electron chi connectivity index (χ0n) is 18.3. The van der Waals surface area contributed by atoms with Crippen LogP contribution in [-0.4, -0.2) is 57.6 Å². The number of anilines is 1. The first-order valence-corrected chi connectivity index (χ1v) is 11.2. The van der Waals surface area contributed by atoms with Crippen LogP contribution in [-0.2, 0) is 7.05 Å². The molecule has 0 saturated carbocycles. The lowest BCUT2D eigenvalue weighted by atomic mass is 9.96. The maximum atomic E-state index is 14.9. The Hall–Kier alpha value is -2.65. The van der Waals surface area contributed by atoms with Gasteiger partial charge in [-0.15, -0.1) is 0 Å². The van der Waals surface area contributed by atoms with Crippen LogP contribution >= 0.6 is 11.6 Å². The Bertz CT molecular complexity index is 1310. The Morgan fingerprint density at radius 2 is 1.91 bits per heavy atom. The molecule has 33 heavy (non-hydrogen) atoms. The van der Waals surface area contributed by atoms with Crippen molar-refractivity contribution in [1.82, 2.24) is 19.4 Å². The van der Waals surface area contributed by atoms with Gasteiger partial charge in [0.05, 0.1) is 22.6 Å². The lowest BCUT2D eigenvalue weighted by Gasteiger charge is -2.47. The number of aryl methyl sites for hydroxylation is 1. The molecule has 4 heterocycles. The van der Waals surface area contributed by atoms with Crippen LogP contribution in [0.15, 0.2) is 29.1 Å². The van der Waals surface area contributed by atoms with E-state index in [1.807, 2.05) is 0 Å². The molecule has 2 fully saturated rings. The van der Waals surface area contributed by atoms with Gasteiger partial charge in [-0.25, -0.2) is 23.1 Å². The van der Waals surface area contributed by atoms with Gasteiger partial charge in [-0.1, -0.05) is 11.6 Å². The van der Waals surface area contributed by atoms with Crippen LogP contribution in [0.4, 0.5) is 19.0 Å². The highest BCUT2D eigenvalue weighted by atomic mass is 35.5. The lowest BCUT2D eigenvalue weighted by Crippen LogP contribution is -2.62. The minimum absolute atomic E-state index is 0.0951. The standard InChI is InChI=1S/C23H23ClF3N5O/c1-13-28-17-11-19(32-9-6-23(26,27)18(12-32)31-7-3-8-31)29-21(20(17)22(33)30(13)2)15-5-4-14(24)10-16(15)25/h4-5,10-11,18H,3,6-9,12H2,1-2H3. The van der Waals surface area contributed by atoms with Gasteiger partial charge < -0.3 is 4.90 Å². The van der Waals surface area contributed by atoms with E-state index in [-0.39, 0.29) is 46.7 Å².